The Kier molecular flexibility index (Phi) is 5.20. The van der Waals surface area contributed by atoms with Crippen molar-refractivity contribution in [3.05, 3.63) is 79.3 Å². The Hall–Kier alpha value is -4.13. The fraction of sp³-hybridized carbons (Fsp3) is 0.0455. The lowest BCUT2D eigenvalue weighted by Gasteiger charge is -2.10. The lowest BCUT2D eigenvalue weighted by atomic mass is 10.0. The Morgan fingerprint density at radius 3 is 2.41 bits per heavy atom. The molecule has 2 heterocycles. The largest absolute Gasteiger partial charge is 0.497 e. The number of aromatic nitrogens is 3. The summed E-state index contributed by atoms with van der Waals surface area (Å²) in [5.41, 5.74) is 4.96. The number of carbonyl (C=O) groups excluding carboxylic acids is 1. The summed E-state index contributed by atoms with van der Waals surface area (Å²) in [5.74, 6) is 0.673. The van der Waals surface area contributed by atoms with Crippen LogP contribution in [0.3, 0.4) is 0 Å². The Morgan fingerprint density at radius 1 is 0.931 bits per heavy atom. The highest BCUT2D eigenvalue weighted by Crippen LogP contribution is 2.31. The summed E-state index contributed by atoms with van der Waals surface area (Å²) in [7, 11) is 1.58. The Labute approximate surface area is 167 Å². The molecule has 0 spiro atoms. The van der Waals surface area contributed by atoms with Crippen molar-refractivity contribution in [2.75, 3.05) is 17.7 Å². The number of nitrogens with zero attached hydrogens (tertiary/aromatic N) is 2. The molecule has 7 heteroatoms. The SMILES string of the molecule is COc1cccc(NC(=O)Nc2cccc(-c3n[nH]cc3-c3ccncc3)c2)c1. The van der Waals surface area contributed by atoms with Gasteiger partial charge in [0.1, 0.15) is 5.75 Å². The number of anilines is 2. The van der Waals surface area contributed by atoms with Crippen LogP contribution in [0.25, 0.3) is 22.4 Å². The van der Waals surface area contributed by atoms with E-state index in [1.807, 2.05) is 54.7 Å². The molecule has 0 radical (unpaired) electrons. The highest BCUT2D eigenvalue weighted by Gasteiger charge is 2.12. The summed E-state index contributed by atoms with van der Waals surface area (Å²) in [6.45, 7) is 0. The average Bonchev–Trinajstić information content (AvgIpc) is 3.24. The van der Waals surface area contributed by atoms with Gasteiger partial charge in [-0.15, -0.1) is 0 Å². The number of rotatable bonds is 5. The molecule has 2 aromatic carbocycles. The van der Waals surface area contributed by atoms with Gasteiger partial charge in [0, 0.05) is 47.2 Å². The first-order valence-corrected chi connectivity index (χ1v) is 8.99. The van der Waals surface area contributed by atoms with Gasteiger partial charge in [-0.1, -0.05) is 18.2 Å². The minimum absolute atomic E-state index is 0.341. The summed E-state index contributed by atoms with van der Waals surface area (Å²) in [6, 6.07) is 18.2. The first kappa shape index (κ1) is 18.2. The maximum absolute atomic E-state index is 12.4. The van der Waals surface area contributed by atoms with Crippen molar-refractivity contribution < 1.29 is 9.53 Å². The number of ether oxygens (including phenoxy) is 1. The molecule has 0 atom stereocenters. The van der Waals surface area contributed by atoms with Gasteiger partial charge in [0.05, 0.1) is 12.8 Å². The van der Waals surface area contributed by atoms with Gasteiger partial charge in [0.15, 0.2) is 0 Å². The van der Waals surface area contributed by atoms with E-state index in [1.165, 1.54) is 0 Å². The first-order chi connectivity index (χ1) is 14.2. The van der Waals surface area contributed by atoms with Crippen LogP contribution < -0.4 is 15.4 Å². The predicted octanol–water partition coefficient (Wildman–Crippen LogP) is 4.79. The number of hydrogen-bond acceptors (Lipinski definition) is 4. The molecule has 0 saturated heterocycles. The van der Waals surface area contributed by atoms with E-state index in [1.54, 1.807) is 31.6 Å². The van der Waals surface area contributed by atoms with Crippen LogP contribution in [-0.2, 0) is 0 Å². The molecule has 7 nitrogen and oxygen atoms in total. The van der Waals surface area contributed by atoms with Gasteiger partial charge < -0.3 is 15.4 Å². The molecule has 29 heavy (non-hydrogen) atoms. The van der Waals surface area contributed by atoms with Gasteiger partial charge >= 0.3 is 6.03 Å². The topological polar surface area (TPSA) is 91.9 Å². The van der Waals surface area contributed by atoms with Crippen LogP contribution in [0.4, 0.5) is 16.2 Å². The third-order valence-electron chi connectivity index (χ3n) is 4.35. The highest BCUT2D eigenvalue weighted by molar-refractivity contribution is 6.00. The van der Waals surface area contributed by atoms with E-state index in [2.05, 4.69) is 25.8 Å². The van der Waals surface area contributed by atoms with Crippen LogP contribution in [0.2, 0.25) is 0 Å². The van der Waals surface area contributed by atoms with Gasteiger partial charge in [-0.05, 0) is 42.0 Å². The number of amides is 2. The maximum Gasteiger partial charge on any atom is 0.323 e. The van der Waals surface area contributed by atoms with Crippen LogP contribution in [-0.4, -0.2) is 28.3 Å². The number of nitrogens with one attached hydrogen (secondary N) is 3. The Balaban J connectivity index is 1.53. The second-order valence-electron chi connectivity index (χ2n) is 6.28. The molecule has 4 rings (SSSR count). The molecule has 4 aromatic rings. The van der Waals surface area contributed by atoms with E-state index in [0.717, 1.165) is 22.4 Å². The number of hydrogen-bond donors (Lipinski definition) is 3. The molecule has 0 bridgehead atoms. The summed E-state index contributed by atoms with van der Waals surface area (Å²) in [6.07, 6.45) is 5.33. The fourth-order valence-corrected chi connectivity index (χ4v) is 3.00. The van der Waals surface area contributed by atoms with E-state index in [4.69, 9.17) is 4.74 Å². The fourth-order valence-electron chi connectivity index (χ4n) is 3.00. The number of H-pyrrole nitrogens is 1. The lowest BCUT2D eigenvalue weighted by molar-refractivity contribution is 0.262. The molecule has 0 saturated carbocycles. The monoisotopic (exact) mass is 385 g/mol. The number of benzene rings is 2. The molecular formula is C22H19N5O2. The molecule has 0 aliphatic carbocycles. The second-order valence-corrected chi connectivity index (χ2v) is 6.28. The van der Waals surface area contributed by atoms with Crippen molar-refractivity contribution in [3.8, 4) is 28.1 Å². The molecule has 0 fully saturated rings. The molecule has 0 aliphatic heterocycles. The van der Waals surface area contributed by atoms with E-state index in [9.17, 15) is 4.79 Å². The number of aromatic amines is 1. The first-order valence-electron chi connectivity index (χ1n) is 8.99. The summed E-state index contributed by atoms with van der Waals surface area (Å²) >= 11 is 0. The zero-order valence-electron chi connectivity index (χ0n) is 15.7. The van der Waals surface area contributed by atoms with Crippen LogP contribution in [0.5, 0.6) is 5.75 Å². The number of methoxy groups -OCH3 is 1. The lowest BCUT2D eigenvalue weighted by Crippen LogP contribution is -2.19. The van der Waals surface area contributed by atoms with Gasteiger partial charge in [-0.2, -0.15) is 5.10 Å². The van der Waals surface area contributed by atoms with Crippen molar-refractivity contribution in [2.45, 2.75) is 0 Å². The molecule has 144 valence electrons. The molecule has 0 unspecified atom stereocenters. The maximum atomic E-state index is 12.4. The van der Waals surface area contributed by atoms with E-state index >= 15 is 0 Å². The highest BCUT2D eigenvalue weighted by atomic mass is 16.5. The third-order valence-corrected chi connectivity index (χ3v) is 4.35. The van der Waals surface area contributed by atoms with E-state index in [0.29, 0.717) is 17.1 Å². The van der Waals surface area contributed by atoms with Crippen molar-refractivity contribution in [1.29, 1.82) is 0 Å². The minimum Gasteiger partial charge on any atom is -0.497 e. The van der Waals surface area contributed by atoms with Crippen LogP contribution >= 0.6 is 0 Å². The number of urea groups is 1. The van der Waals surface area contributed by atoms with E-state index < -0.39 is 0 Å². The summed E-state index contributed by atoms with van der Waals surface area (Å²) in [4.78, 5) is 16.4. The standard InChI is InChI=1S/C22H19N5O2/c1-29-19-7-3-6-18(13-19)26-22(28)25-17-5-2-4-16(12-17)21-20(14-24-27-21)15-8-10-23-11-9-15/h2-14H,1H3,(H,24,27)(H2,25,26,28). The van der Waals surface area contributed by atoms with Gasteiger partial charge in [0.25, 0.3) is 0 Å². The quantitative estimate of drug-likeness (QED) is 0.460. The molecule has 2 amide bonds. The second kappa shape index (κ2) is 8.26. The normalized spacial score (nSPS) is 10.4. The van der Waals surface area contributed by atoms with Gasteiger partial charge in [-0.3, -0.25) is 10.1 Å². The summed E-state index contributed by atoms with van der Waals surface area (Å²) < 4.78 is 5.17. The van der Waals surface area contributed by atoms with Crippen LogP contribution in [0, 0.1) is 0 Å². The van der Waals surface area contributed by atoms with Crippen molar-refractivity contribution >= 4 is 17.4 Å². The molecular weight excluding hydrogens is 366 g/mol. The molecule has 0 aliphatic rings. The van der Waals surface area contributed by atoms with Crippen molar-refractivity contribution in [1.82, 2.24) is 15.2 Å². The van der Waals surface area contributed by atoms with E-state index in [-0.39, 0.29) is 6.03 Å². The smallest absolute Gasteiger partial charge is 0.323 e. The van der Waals surface area contributed by atoms with Crippen LogP contribution in [0.15, 0.2) is 79.3 Å². The third kappa shape index (κ3) is 4.24. The molecule has 2 aromatic heterocycles. The Morgan fingerprint density at radius 2 is 1.66 bits per heavy atom. The molecule has 3 N–H and O–H groups in total. The van der Waals surface area contributed by atoms with Gasteiger partial charge in [0.2, 0.25) is 0 Å². The zero-order valence-corrected chi connectivity index (χ0v) is 15.7. The summed E-state index contributed by atoms with van der Waals surface area (Å²) in [5, 5.41) is 12.9. The van der Waals surface area contributed by atoms with Crippen molar-refractivity contribution in [2.24, 2.45) is 0 Å². The number of pyridine rings is 1. The van der Waals surface area contributed by atoms with Crippen LogP contribution in [0.1, 0.15) is 0 Å². The average molecular weight is 385 g/mol. The number of carbonyl (C=O) groups is 1. The van der Waals surface area contributed by atoms with Crippen molar-refractivity contribution in [3.63, 3.8) is 0 Å². The predicted molar refractivity (Wildman–Crippen MR) is 113 cm³/mol. The van der Waals surface area contributed by atoms with Gasteiger partial charge in [-0.25, -0.2) is 4.79 Å². The minimum atomic E-state index is -0.341. The Bertz CT molecular complexity index is 1120. The zero-order chi connectivity index (χ0) is 20.1.